The zero-order chi connectivity index (χ0) is 17.6. The predicted molar refractivity (Wildman–Crippen MR) is 100 cm³/mol. The van der Waals surface area contributed by atoms with E-state index in [2.05, 4.69) is 12.1 Å². The lowest BCUT2D eigenvalue weighted by Crippen LogP contribution is -2.24. The van der Waals surface area contributed by atoms with E-state index in [1.807, 2.05) is 0 Å². The molecule has 134 valence electrons. The van der Waals surface area contributed by atoms with Crippen LogP contribution in [0.25, 0.3) is 0 Å². The van der Waals surface area contributed by atoms with Gasteiger partial charge < -0.3 is 0 Å². The number of fused-ring (bicyclic) bond motifs is 2. The Morgan fingerprint density at radius 2 is 1.64 bits per heavy atom. The van der Waals surface area contributed by atoms with Crippen molar-refractivity contribution >= 4 is 11.6 Å². The Kier molecular flexibility index (Phi) is 4.33. The summed E-state index contributed by atoms with van der Waals surface area (Å²) >= 11 is 0. The van der Waals surface area contributed by atoms with Crippen molar-refractivity contribution in [2.45, 2.75) is 89.4 Å². The van der Waals surface area contributed by atoms with Crippen molar-refractivity contribution in [3.63, 3.8) is 0 Å². The van der Waals surface area contributed by atoms with E-state index in [-0.39, 0.29) is 11.7 Å². The monoisotopic (exact) mass is 338 g/mol. The first-order valence-corrected chi connectivity index (χ1v) is 10.2. The molecule has 2 heteroatoms. The molecular formula is C23H30O2. The standard InChI is InChI=1S/C23H30O2/c1-15(24)17-5-7-18(8-6-17)20-10-9-19(16(2)25)21-11-14-23(22(20)21)12-3-4-13-23/h9-10,17-18H,3-8,11-14H2,1-2H3. The van der Waals surface area contributed by atoms with E-state index in [9.17, 15) is 9.59 Å². The van der Waals surface area contributed by atoms with E-state index in [1.165, 1.54) is 43.2 Å². The first kappa shape index (κ1) is 17.0. The highest BCUT2D eigenvalue weighted by atomic mass is 16.1. The van der Waals surface area contributed by atoms with E-state index in [0.717, 1.165) is 37.7 Å². The SMILES string of the molecule is CC(=O)c1ccc(C2CCC(C(C)=O)CC2)c2c1CCC21CCCC1. The third-order valence-corrected chi connectivity index (χ3v) is 7.41. The van der Waals surface area contributed by atoms with Crippen LogP contribution in [0.1, 0.15) is 105 Å². The third kappa shape index (κ3) is 2.78. The van der Waals surface area contributed by atoms with Crippen molar-refractivity contribution < 1.29 is 9.59 Å². The molecule has 0 bridgehead atoms. The van der Waals surface area contributed by atoms with Gasteiger partial charge in [0.25, 0.3) is 0 Å². The summed E-state index contributed by atoms with van der Waals surface area (Å²) in [6.07, 6.45) is 11.9. The number of benzene rings is 1. The number of hydrogen-bond donors (Lipinski definition) is 0. The Labute approximate surface area is 151 Å². The fraction of sp³-hybridized carbons (Fsp3) is 0.652. The molecule has 25 heavy (non-hydrogen) atoms. The van der Waals surface area contributed by atoms with Crippen LogP contribution in [0.4, 0.5) is 0 Å². The van der Waals surface area contributed by atoms with Gasteiger partial charge in [-0.3, -0.25) is 9.59 Å². The quantitative estimate of drug-likeness (QED) is 0.681. The number of rotatable bonds is 3. The van der Waals surface area contributed by atoms with E-state index < -0.39 is 0 Å². The minimum Gasteiger partial charge on any atom is -0.300 e. The summed E-state index contributed by atoms with van der Waals surface area (Å²) in [5.74, 6) is 1.45. The fourth-order valence-corrected chi connectivity index (χ4v) is 6.07. The van der Waals surface area contributed by atoms with Gasteiger partial charge in [0.15, 0.2) is 5.78 Å². The molecule has 4 rings (SSSR count). The van der Waals surface area contributed by atoms with Crippen LogP contribution in [0.3, 0.4) is 0 Å². The van der Waals surface area contributed by atoms with Gasteiger partial charge in [-0.25, -0.2) is 0 Å². The summed E-state index contributed by atoms with van der Waals surface area (Å²) in [6, 6.07) is 4.38. The first-order valence-electron chi connectivity index (χ1n) is 10.2. The van der Waals surface area contributed by atoms with Gasteiger partial charge in [0.05, 0.1) is 0 Å². The van der Waals surface area contributed by atoms with Gasteiger partial charge in [-0.1, -0.05) is 25.0 Å². The second kappa shape index (κ2) is 6.37. The lowest BCUT2D eigenvalue weighted by molar-refractivity contribution is -0.121. The Balaban J connectivity index is 1.73. The minimum atomic E-state index is 0.220. The molecule has 0 aliphatic heterocycles. The fourth-order valence-electron chi connectivity index (χ4n) is 6.07. The number of hydrogen-bond acceptors (Lipinski definition) is 2. The van der Waals surface area contributed by atoms with E-state index >= 15 is 0 Å². The van der Waals surface area contributed by atoms with Crippen LogP contribution in [0.2, 0.25) is 0 Å². The molecular weight excluding hydrogens is 308 g/mol. The summed E-state index contributed by atoms with van der Waals surface area (Å²) in [6.45, 7) is 3.46. The lowest BCUT2D eigenvalue weighted by Gasteiger charge is -2.33. The number of carbonyl (C=O) groups is 2. The summed E-state index contributed by atoms with van der Waals surface area (Å²) in [5, 5.41) is 0. The van der Waals surface area contributed by atoms with Crippen LogP contribution in [-0.2, 0) is 16.6 Å². The molecule has 0 heterocycles. The number of carbonyl (C=O) groups excluding carboxylic acids is 2. The summed E-state index contributed by atoms with van der Waals surface area (Å²) in [7, 11) is 0. The molecule has 3 aliphatic rings. The predicted octanol–water partition coefficient (Wildman–Crippen LogP) is 5.51. The van der Waals surface area contributed by atoms with Gasteiger partial charge in [-0.15, -0.1) is 0 Å². The third-order valence-electron chi connectivity index (χ3n) is 7.41. The zero-order valence-corrected chi connectivity index (χ0v) is 15.7. The van der Waals surface area contributed by atoms with Crippen LogP contribution in [0, 0.1) is 5.92 Å². The first-order chi connectivity index (χ1) is 12.0. The maximum absolute atomic E-state index is 12.2. The number of Topliss-reactive ketones (excluding diaryl/α,β-unsaturated/α-hetero) is 2. The van der Waals surface area contributed by atoms with Crippen LogP contribution in [-0.4, -0.2) is 11.6 Å². The largest absolute Gasteiger partial charge is 0.300 e. The van der Waals surface area contributed by atoms with Crippen LogP contribution >= 0.6 is 0 Å². The van der Waals surface area contributed by atoms with Gasteiger partial charge in [0.1, 0.15) is 5.78 Å². The summed E-state index contributed by atoms with van der Waals surface area (Å²) < 4.78 is 0. The molecule has 0 unspecified atom stereocenters. The van der Waals surface area contributed by atoms with E-state index in [1.54, 1.807) is 19.4 Å². The molecule has 0 atom stereocenters. The molecule has 3 aliphatic carbocycles. The van der Waals surface area contributed by atoms with Crippen molar-refractivity contribution in [3.8, 4) is 0 Å². The molecule has 1 aromatic rings. The van der Waals surface area contributed by atoms with Gasteiger partial charge in [0.2, 0.25) is 0 Å². The Morgan fingerprint density at radius 3 is 2.24 bits per heavy atom. The molecule has 0 saturated heterocycles. The topological polar surface area (TPSA) is 34.1 Å². The molecule has 2 saturated carbocycles. The molecule has 1 spiro atoms. The normalized spacial score (nSPS) is 27.4. The smallest absolute Gasteiger partial charge is 0.160 e. The molecule has 2 fully saturated rings. The highest BCUT2D eigenvalue weighted by molar-refractivity contribution is 5.96. The molecule has 0 amide bonds. The average molecular weight is 338 g/mol. The van der Waals surface area contributed by atoms with Gasteiger partial charge in [-0.05, 0) is 93.2 Å². The zero-order valence-electron chi connectivity index (χ0n) is 15.7. The molecule has 2 nitrogen and oxygen atoms in total. The van der Waals surface area contributed by atoms with E-state index in [0.29, 0.717) is 17.1 Å². The van der Waals surface area contributed by atoms with E-state index in [4.69, 9.17) is 0 Å². The second-order valence-corrected chi connectivity index (χ2v) is 8.76. The Hall–Kier alpha value is -1.44. The van der Waals surface area contributed by atoms with Crippen LogP contribution in [0.15, 0.2) is 12.1 Å². The highest BCUT2D eigenvalue weighted by Crippen LogP contribution is 2.54. The molecule has 0 aromatic heterocycles. The highest BCUT2D eigenvalue weighted by Gasteiger charge is 2.44. The lowest BCUT2D eigenvalue weighted by atomic mass is 9.70. The van der Waals surface area contributed by atoms with Gasteiger partial charge >= 0.3 is 0 Å². The molecule has 0 radical (unpaired) electrons. The van der Waals surface area contributed by atoms with Crippen molar-refractivity contribution in [1.29, 1.82) is 0 Å². The van der Waals surface area contributed by atoms with Crippen molar-refractivity contribution in [1.82, 2.24) is 0 Å². The minimum absolute atomic E-state index is 0.220. The van der Waals surface area contributed by atoms with Crippen molar-refractivity contribution in [2.75, 3.05) is 0 Å². The second-order valence-electron chi connectivity index (χ2n) is 8.76. The van der Waals surface area contributed by atoms with Gasteiger partial charge in [-0.2, -0.15) is 0 Å². The Morgan fingerprint density at radius 1 is 0.960 bits per heavy atom. The van der Waals surface area contributed by atoms with Crippen LogP contribution < -0.4 is 0 Å². The van der Waals surface area contributed by atoms with Crippen molar-refractivity contribution in [2.24, 2.45) is 5.92 Å². The van der Waals surface area contributed by atoms with Gasteiger partial charge in [0, 0.05) is 11.5 Å². The van der Waals surface area contributed by atoms with Crippen LogP contribution in [0.5, 0.6) is 0 Å². The molecule has 0 N–H and O–H groups in total. The summed E-state index contributed by atoms with van der Waals surface area (Å²) in [5.41, 5.74) is 5.80. The average Bonchev–Trinajstić information content (AvgIpc) is 3.23. The maximum Gasteiger partial charge on any atom is 0.160 e. The molecule has 1 aromatic carbocycles. The Bertz CT molecular complexity index is 701. The maximum atomic E-state index is 12.2. The number of ketones is 2. The van der Waals surface area contributed by atoms with Crippen molar-refractivity contribution in [3.05, 3.63) is 34.4 Å². The summed E-state index contributed by atoms with van der Waals surface area (Å²) in [4.78, 5) is 23.9.